The zero-order chi connectivity index (χ0) is 20.7. The van der Waals surface area contributed by atoms with E-state index >= 15 is 0 Å². The van der Waals surface area contributed by atoms with Crippen molar-refractivity contribution in [3.05, 3.63) is 101 Å². The molecule has 0 aliphatic carbocycles. The minimum Gasteiger partial charge on any atom is -0.455 e. The number of nitrogens with zero attached hydrogens (tertiary/aromatic N) is 1. The molecule has 0 aliphatic rings. The third-order valence-corrected chi connectivity index (χ3v) is 5.87. The molecule has 5 aromatic rings. The van der Waals surface area contributed by atoms with Crippen LogP contribution in [0, 0.1) is 6.92 Å². The van der Waals surface area contributed by atoms with Gasteiger partial charge in [-0.25, -0.2) is 0 Å². The molecule has 30 heavy (non-hydrogen) atoms. The third kappa shape index (κ3) is 3.29. The van der Waals surface area contributed by atoms with Gasteiger partial charge in [0.25, 0.3) is 0 Å². The van der Waals surface area contributed by atoms with E-state index < -0.39 is 0 Å². The predicted octanol–water partition coefficient (Wildman–Crippen LogP) is 7.67. The molecule has 5 rings (SSSR count). The second-order valence-electron chi connectivity index (χ2n) is 8.36. The minimum atomic E-state index is 0.462. The molecule has 0 N–H and O–H groups in total. The van der Waals surface area contributed by atoms with Gasteiger partial charge in [-0.1, -0.05) is 62.4 Å². The van der Waals surface area contributed by atoms with Crippen molar-refractivity contribution < 1.29 is 4.42 Å². The lowest BCUT2D eigenvalue weighted by Crippen LogP contribution is -1.91. The molecule has 0 bridgehead atoms. The quantitative estimate of drug-likeness (QED) is 0.314. The smallest absolute Gasteiger partial charge is 0.145 e. The number of benzene rings is 3. The number of hydrogen-bond donors (Lipinski definition) is 0. The maximum absolute atomic E-state index is 6.46. The Labute approximate surface area is 177 Å². The van der Waals surface area contributed by atoms with Crippen molar-refractivity contribution in [1.29, 1.82) is 0 Å². The van der Waals surface area contributed by atoms with Gasteiger partial charge in [0.2, 0.25) is 0 Å². The van der Waals surface area contributed by atoms with Gasteiger partial charge in [0.1, 0.15) is 11.2 Å². The number of fused-ring (bicyclic) bond motifs is 3. The molecule has 0 fully saturated rings. The molecular weight excluding hydrogens is 366 g/mol. The summed E-state index contributed by atoms with van der Waals surface area (Å²) in [5, 5.41) is 2.35. The minimum absolute atomic E-state index is 0.462. The Balaban J connectivity index is 1.66. The fourth-order valence-electron chi connectivity index (χ4n) is 4.19. The summed E-state index contributed by atoms with van der Waals surface area (Å²) in [6.45, 7) is 6.56. The number of hydrogen-bond acceptors (Lipinski definition) is 2. The van der Waals surface area contributed by atoms with Gasteiger partial charge < -0.3 is 4.42 Å². The van der Waals surface area contributed by atoms with Crippen LogP contribution in [0.15, 0.2) is 83.4 Å². The molecule has 0 amide bonds. The van der Waals surface area contributed by atoms with Crippen LogP contribution in [-0.4, -0.2) is 4.98 Å². The highest BCUT2D eigenvalue weighted by Gasteiger charge is 2.16. The lowest BCUT2D eigenvalue weighted by molar-refractivity contribution is 0.669. The van der Waals surface area contributed by atoms with Gasteiger partial charge in [0.05, 0.1) is 5.69 Å². The van der Waals surface area contributed by atoms with E-state index in [0.717, 1.165) is 28.8 Å². The van der Waals surface area contributed by atoms with Crippen LogP contribution >= 0.6 is 0 Å². The summed E-state index contributed by atoms with van der Waals surface area (Å²) in [6, 6.07) is 25.7. The molecule has 2 aromatic heterocycles. The van der Waals surface area contributed by atoms with E-state index in [0.29, 0.717) is 5.92 Å². The number of aryl methyl sites for hydroxylation is 1. The second-order valence-corrected chi connectivity index (χ2v) is 8.36. The van der Waals surface area contributed by atoms with Crippen LogP contribution in [0.2, 0.25) is 0 Å². The van der Waals surface area contributed by atoms with Crippen molar-refractivity contribution in [2.24, 2.45) is 0 Å². The zero-order valence-electron chi connectivity index (χ0n) is 17.6. The van der Waals surface area contributed by atoms with E-state index in [9.17, 15) is 0 Å². The largest absolute Gasteiger partial charge is 0.455 e. The SMILES string of the molecule is Cc1ccc(-c2cc(C(C)C)ccn2)c2oc3cc(Cc4ccccc4)ccc3c12. The van der Waals surface area contributed by atoms with Gasteiger partial charge >= 0.3 is 0 Å². The van der Waals surface area contributed by atoms with E-state index in [4.69, 9.17) is 4.42 Å². The summed E-state index contributed by atoms with van der Waals surface area (Å²) in [5.41, 5.74) is 8.96. The maximum atomic E-state index is 6.46. The maximum Gasteiger partial charge on any atom is 0.145 e. The highest BCUT2D eigenvalue weighted by atomic mass is 16.3. The average Bonchev–Trinajstić information content (AvgIpc) is 3.14. The molecule has 0 radical (unpaired) electrons. The Kier molecular flexibility index (Phi) is 4.63. The van der Waals surface area contributed by atoms with Gasteiger partial charge in [-0.2, -0.15) is 0 Å². The first-order valence-corrected chi connectivity index (χ1v) is 10.5. The van der Waals surface area contributed by atoms with Gasteiger partial charge in [0, 0.05) is 22.5 Å². The summed E-state index contributed by atoms with van der Waals surface area (Å²) in [5.74, 6) is 0.462. The van der Waals surface area contributed by atoms with E-state index in [1.807, 2.05) is 6.20 Å². The number of pyridine rings is 1. The van der Waals surface area contributed by atoms with Gasteiger partial charge in [-0.3, -0.25) is 4.98 Å². The first-order valence-electron chi connectivity index (χ1n) is 10.5. The Morgan fingerprint density at radius 3 is 2.50 bits per heavy atom. The highest BCUT2D eigenvalue weighted by Crippen LogP contribution is 2.38. The normalized spacial score (nSPS) is 11.6. The van der Waals surface area contributed by atoms with Crippen molar-refractivity contribution in [2.45, 2.75) is 33.1 Å². The molecule has 0 spiro atoms. The molecule has 0 atom stereocenters. The van der Waals surface area contributed by atoms with Gasteiger partial charge in [0.15, 0.2) is 0 Å². The lowest BCUT2D eigenvalue weighted by atomic mass is 9.98. The first kappa shape index (κ1) is 18.6. The fourth-order valence-corrected chi connectivity index (χ4v) is 4.19. The summed E-state index contributed by atoms with van der Waals surface area (Å²) < 4.78 is 6.46. The van der Waals surface area contributed by atoms with Crippen molar-refractivity contribution in [3.8, 4) is 11.3 Å². The molecule has 2 heteroatoms. The van der Waals surface area contributed by atoms with E-state index in [1.165, 1.54) is 33.0 Å². The van der Waals surface area contributed by atoms with E-state index in [2.05, 4.69) is 98.6 Å². The Hall–Kier alpha value is -3.39. The lowest BCUT2D eigenvalue weighted by Gasteiger charge is -2.08. The van der Waals surface area contributed by atoms with Crippen LogP contribution in [0.1, 0.15) is 42.0 Å². The van der Waals surface area contributed by atoms with Crippen LogP contribution < -0.4 is 0 Å². The molecule has 2 nitrogen and oxygen atoms in total. The van der Waals surface area contributed by atoms with E-state index in [1.54, 1.807) is 0 Å². The topological polar surface area (TPSA) is 26.0 Å². The molecule has 2 heterocycles. The monoisotopic (exact) mass is 391 g/mol. The summed E-state index contributed by atoms with van der Waals surface area (Å²) in [6.07, 6.45) is 2.80. The number of aromatic nitrogens is 1. The summed E-state index contributed by atoms with van der Waals surface area (Å²) in [7, 11) is 0. The summed E-state index contributed by atoms with van der Waals surface area (Å²) >= 11 is 0. The number of furan rings is 1. The van der Waals surface area contributed by atoms with Crippen LogP contribution in [0.5, 0.6) is 0 Å². The third-order valence-electron chi connectivity index (χ3n) is 5.87. The van der Waals surface area contributed by atoms with Gasteiger partial charge in [-0.15, -0.1) is 0 Å². The highest BCUT2D eigenvalue weighted by molar-refractivity contribution is 6.11. The van der Waals surface area contributed by atoms with Crippen molar-refractivity contribution in [2.75, 3.05) is 0 Å². The van der Waals surface area contributed by atoms with Crippen LogP contribution in [-0.2, 0) is 6.42 Å². The van der Waals surface area contributed by atoms with Crippen molar-refractivity contribution in [3.63, 3.8) is 0 Å². The predicted molar refractivity (Wildman–Crippen MR) is 125 cm³/mol. The Morgan fingerprint density at radius 2 is 1.70 bits per heavy atom. The van der Waals surface area contributed by atoms with E-state index in [-0.39, 0.29) is 0 Å². The molecular formula is C28H25NO. The first-order chi connectivity index (χ1) is 14.6. The second kappa shape index (κ2) is 7.46. The molecule has 0 aliphatic heterocycles. The molecule has 3 aromatic carbocycles. The standard InChI is InChI=1S/C28H25NO/c1-18(2)22-13-14-29-25(17-22)23-11-9-19(3)27-24-12-10-21(16-26(24)30-28(23)27)15-20-7-5-4-6-8-20/h4-14,16-18H,15H2,1-3H3. The van der Waals surface area contributed by atoms with Crippen LogP contribution in [0.3, 0.4) is 0 Å². The molecule has 148 valence electrons. The van der Waals surface area contributed by atoms with Gasteiger partial charge in [-0.05, 0) is 65.8 Å². The van der Waals surface area contributed by atoms with Crippen molar-refractivity contribution >= 4 is 21.9 Å². The summed E-state index contributed by atoms with van der Waals surface area (Å²) in [4.78, 5) is 4.66. The van der Waals surface area contributed by atoms with Crippen molar-refractivity contribution in [1.82, 2.24) is 4.98 Å². The zero-order valence-corrected chi connectivity index (χ0v) is 17.6. The molecule has 0 saturated carbocycles. The average molecular weight is 392 g/mol. The van der Waals surface area contributed by atoms with Crippen LogP contribution in [0.4, 0.5) is 0 Å². The number of rotatable bonds is 4. The molecule has 0 unspecified atom stereocenters. The Bertz CT molecular complexity index is 1350. The van der Waals surface area contributed by atoms with Crippen LogP contribution in [0.25, 0.3) is 33.2 Å². The fraction of sp³-hybridized carbons (Fsp3) is 0.179. The Morgan fingerprint density at radius 1 is 0.867 bits per heavy atom. The molecule has 0 saturated heterocycles.